The highest BCUT2D eigenvalue weighted by Crippen LogP contribution is 2.30. The maximum Gasteiger partial charge on any atom is 0.0486 e. The number of hydrogen-bond acceptors (Lipinski definition) is 2. The van der Waals surface area contributed by atoms with Crippen molar-refractivity contribution in [2.45, 2.75) is 24.8 Å². The molecule has 19 heavy (non-hydrogen) atoms. The van der Waals surface area contributed by atoms with E-state index < -0.39 is 0 Å². The molecule has 0 bridgehead atoms. The number of anilines is 1. The average Bonchev–Trinajstić information content (AvgIpc) is 2.41. The Hall–Kier alpha value is -0.930. The van der Waals surface area contributed by atoms with Gasteiger partial charge in [-0.2, -0.15) is 0 Å². The lowest BCUT2D eigenvalue weighted by atomic mass is 10.1. The maximum atomic E-state index is 3.60. The second kappa shape index (κ2) is 7.01. The summed E-state index contributed by atoms with van der Waals surface area (Å²) < 4.78 is 1.12. The summed E-state index contributed by atoms with van der Waals surface area (Å²) in [5, 5.41) is 3.60. The lowest BCUT2D eigenvalue weighted by Gasteiger charge is -2.18. The summed E-state index contributed by atoms with van der Waals surface area (Å²) in [7, 11) is 0. The monoisotopic (exact) mass is 335 g/mol. The van der Waals surface area contributed by atoms with Gasteiger partial charge in [0.15, 0.2) is 0 Å². The third-order valence-corrected chi connectivity index (χ3v) is 4.36. The van der Waals surface area contributed by atoms with Gasteiger partial charge in [-0.3, -0.25) is 0 Å². The highest BCUT2D eigenvalue weighted by molar-refractivity contribution is 9.10. The van der Waals surface area contributed by atoms with Crippen LogP contribution < -0.4 is 5.32 Å². The molecule has 0 radical (unpaired) electrons. The van der Waals surface area contributed by atoms with Crippen LogP contribution >= 0.6 is 27.7 Å². The van der Waals surface area contributed by atoms with E-state index in [4.69, 9.17) is 0 Å². The van der Waals surface area contributed by atoms with E-state index in [9.17, 15) is 0 Å². The van der Waals surface area contributed by atoms with Gasteiger partial charge in [-0.1, -0.05) is 47.1 Å². The third kappa shape index (κ3) is 4.02. The van der Waals surface area contributed by atoms with Gasteiger partial charge in [0, 0.05) is 21.1 Å². The molecule has 0 spiro atoms. The predicted molar refractivity (Wildman–Crippen MR) is 89.0 cm³/mol. The smallest absolute Gasteiger partial charge is 0.0486 e. The Kier molecular flexibility index (Phi) is 5.34. The van der Waals surface area contributed by atoms with Crippen LogP contribution in [-0.2, 0) is 0 Å². The van der Waals surface area contributed by atoms with Crippen LogP contribution in [0.3, 0.4) is 0 Å². The molecule has 0 saturated heterocycles. The van der Waals surface area contributed by atoms with Crippen molar-refractivity contribution < 1.29 is 0 Å². The molecular formula is C16H18BrNS. The van der Waals surface area contributed by atoms with E-state index >= 15 is 0 Å². The van der Waals surface area contributed by atoms with E-state index in [0.717, 1.165) is 10.2 Å². The van der Waals surface area contributed by atoms with Crippen LogP contribution in [0.15, 0.2) is 57.9 Å². The molecule has 1 unspecified atom stereocenters. The molecule has 0 amide bonds. The van der Waals surface area contributed by atoms with Crippen molar-refractivity contribution in [2.75, 3.05) is 11.1 Å². The lowest BCUT2D eigenvalue weighted by Crippen LogP contribution is -2.07. The van der Waals surface area contributed by atoms with Crippen molar-refractivity contribution in [3.63, 3.8) is 0 Å². The van der Waals surface area contributed by atoms with Crippen LogP contribution in [0.1, 0.15) is 25.5 Å². The SMILES string of the molecule is CCSc1ccccc1NC(C)c1cccc(Br)c1. The maximum absolute atomic E-state index is 3.60. The van der Waals surface area contributed by atoms with E-state index in [1.807, 2.05) is 11.8 Å². The van der Waals surface area contributed by atoms with Crippen molar-refractivity contribution >= 4 is 33.4 Å². The van der Waals surface area contributed by atoms with Crippen molar-refractivity contribution in [2.24, 2.45) is 0 Å². The Morgan fingerprint density at radius 1 is 1.16 bits per heavy atom. The first kappa shape index (κ1) is 14.5. The van der Waals surface area contributed by atoms with Gasteiger partial charge in [0.25, 0.3) is 0 Å². The first-order chi connectivity index (χ1) is 9.20. The molecule has 1 N–H and O–H groups in total. The normalized spacial score (nSPS) is 12.2. The van der Waals surface area contributed by atoms with E-state index in [2.05, 4.69) is 83.6 Å². The van der Waals surface area contributed by atoms with Gasteiger partial charge in [-0.25, -0.2) is 0 Å². The number of rotatable bonds is 5. The molecule has 2 aromatic rings. The second-order valence-electron chi connectivity index (χ2n) is 4.35. The summed E-state index contributed by atoms with van der Waals surface area (Å²) in [5.41, 5.74) is 2.49. The molecule has 0 aliphatic heterocycles. The minimum atomic E-state index is 0.288. The van der Waals surface area contributed by atoms with Crippen molar-refractivity contribution in [3.05, 3.63) is 58.6 Å². The Morgan fingerprint density at radius 2 is 1.95 bits per heavy atom. The quantitative estimate of drug-likeness (QED) is 0.699. The van der Waals surface area contributed by atoms with Crippen LogP contribution in [0.5, 0.6) is 0 Å². The van der Waals surface area contributed by atoms with Crippen LogP contribution in [0.25, 0.3) is 0 Å². The van der Waals surface area contributed by atoms with Crippen LogP contribution in [0.4, 0.5) is 5.69 Å². The second-order valence-corrected chi connectivity index (χ2v) is 6.57. The van der Waals surface area contributed by atoms with Crippen LogP contribution in [0.2, 0.25) is 0 Å². The molecule has 1 atom stereocenters. The number of thioether (sulfide) groups is 1. The Balaban J connectivity index is 2.16. The van der Waals surface area contributed by atoms with E-state index in [1.165, 1.54) is 16.1 Å². The Labute approximate surface area is 127 Å². The molecule has 1 nitrogen and oxygen atoms in total. The number of para-hydroxylation sites is 1. The molecule has 0 aliphatic rings. The fourth-order valence-electron chi connectivity index (χ4n) is 1.96. The molecule has 0 heterocycles. The zero-order valence-electron chi connectivity index (χ0n) is 11.2. The van der Waals surface area contributed by atoms with Gasteiger partial charge in [-0.05, 0) is 42.5 Å². The third-order valence-electron chi connectivity index (χ3n) is 2.91. The molecule has 0 saturated carbocycles. The van der Waals surface area contributed by atoms with Gasteiger partial charge < -0.3 is 5.32 Å². The first-order valence-corrected chi connectivity index (χ1v) is 8.22. The summed E-state index contributed by atoms with van der Waals surface area (Å²) in [4.78, 5) is 1.31. The number of halogens is 1. The van der Waals surface area contributed by atoms with Gasteiger partial charge in [0.2, 0.25) is 0 Å². The van der Waals surface area contributed by atoms with E-state index in [0.29, 0.717) is 0 Å². The minimum absolute atomic E-state index is 0.288. The Bertz CT molecular complexity index is 542. The fraction of sp³-hybridized carbons (Fsp3) is 0.250. The molecule has 0 aliphatic carbocycles. The lowest BCUT2D eigenvalue weighted by molar-refractivity contribution is 0.878. The van der Waals surface area contributed by atoms with E-state index in [-0.39, 0.29) is 6.04 Å². The zero-order chi connectivity index (χ0) is 13.7. The van der Waals surface area contributed by atoms with Crippen LogP contribution in [0, 0.1) is 0 Å². The van der Waals surface area contributed by atoms with Crippen molar-refractivity contribution in [3.8, 4) is 0 Å². The fourth-order valence-corrected chi connectivity index (χ4v) is 3.14. The standard InChI is InChI=1S/C16H18BrNS/c1-3-19-16-10-5-4-9-15(16)18-12(2)13-7-6-8-14(17)11-13/h4-12,18H,3H2,1-2H3. The molecular weight excluding hydrogens is 318 g/mol. The van der Waals surface area contributed by atoms with E-state index in [1.54, 1.807) is 0 Å². The van der Waals surface area contributed by atoms with Gasteiger partial charge in [0.1, 0.15) is 0 Å². The summed E-state index contributed by atoms with van der Waals surface area (Å²) in [6, 6.07) is 17.2. The number of nitrogens with one attached hydrogen (secondary N) is 1. The zero-order valence-corrected chi connectivity index (χ0v) is 13.6. The number of hydrogen-bond donors (Lipinski definition) is 1. The minimum Gasteiger partial charge on any atom is -0.378 e. The molecule has 2 rings (SSSR count). The highest BCUT2D eigenvalue weighted by atomic mass is 79.9. The van der Waals surface area contributed by atoms with Crippen LogP contribution in [-0.4, -0.2) is 5.75 Å². The average molecular weight is 336 g/mol. The largest absolute Gasteiger partial charge is 0.378 e. The number of benzene rings is 2. The topological polar surface area (TPSA) is 12.0 Å². The van der Waals surface area contributed by atoms with Gasteiger partial charge in [-0.15, -0.1) is 11.8 Å². The molecule has 100 valence electrons. The van der Waals surface area contributed by atoms with Crippen molar-refractivity contribution in [1.82, 2.24) is 0 Å². The molecule has 3 heteroatoms. The predicted octanol–water partition coefficient (Wildman–Crippen LogP) is 5.73. The Morgan fingerprint density at radius 3 is 2.68 bits per heavy atom. The first-order valence-electron chi connectivity index (χ1n) is 6.44. The summed E-state index contributed by atoms with van der Waals surface area (Å²) >= 11 is 5.39. The molecule has 0 aromatic heterocycles. The van der Waals surface area contributed by atoms with Crippen molar-refractivity contribution in [1.29, 1.82) is 0 Å². The summed E-state index contributed by atoms with van der Waals surface area (Å²) in [5.74, 6) is 1.09. The molecule has 0 fully saturated rings. The highest BCUT2D eigenvalue weighted by Gasteiger charge is 2.08. The summed E-state index contributed by atoms with van der Waals surface area (Å²) in [6.45, 7) is 4.37. The van der Waals surface area contributed by atoms with Gasteiger partial charge in [0.05, 0.1) is 0 Å². The van der Waals surface area contributed by atoms with Gasteiger partial charge >= 0.3 is 0 Å². The molecule has 2 aromatic carbocycles. The summed E-state index contributed by atoms with van der Waals surface area (Å²) in [6.07, 6.45) is 0.